The van der Waals surface area contributed by atoms with Crippen LogP contribution in [-0.4, -0.2) is 28.6 Å². The van der Waals surface area contributed by atoms with Crippen molar-refractivity contribution in [3.63, 3.8) is 0 Å². The van der Waals surface area contributed by atoms with Crippen molar-refractivity contribution in [3.8, 4) is 0 Å². The van der Waals surface area contributed by atoms with Crippen molar-refractivity contribution in [2.45, 2.75) is 25.3 Å². The summed E-state index contributed by atoms with van der Waals surface area (Å²) in [5.74, 6) is -3.37. The third kappa shape index (κ3) is 1.76. The minimum atomic E-state index is -2.97. The molecule has 1 fully saturated rings. The number of carbonyl (C=O) groups is 3. The molecule has 2 heterocycles. The summed E-state index contributed by atoms with van der Waals surface area (Å²) in [5.41, 5.74) is 5.32. The number of amides is 3. The first kappa shape index (κ1) is 7.28. The summed E-state index contributed by atoms with van der Waals surface area (Å²) in [6.07, 6.45) is -3.64. The number of hydrogen-bond donors (Lipinski definition) is 2. The van der Waals surface area contributed by atoms with E-state index in [1.165, 1.54) is 18.2 Å². The maximum atomic E-state index is 12.7. The second-order valence-corrected chi connectivity index (χ2v) is 4.10. The Labute approximate surface area is 116 Å². The predicted octanol–water partition coefficient (Wildman–Crippen LogP) is 0.0298. The highest BCUT2D eigenvalue weighted by Gasteiger charge is 2.39. The molecule has 1 saturated heterocycles. The molecule has 1 aromatic carbocycles. The van der Waals surface area contributed by atoms with E-state index >= 15 is 0 Å². The number of rotatable bonds is 1. The molecule has 0 aromatic heterocycles. The number of piperidine rings is 1. The minimum absolute atomic E-state index is 0.0511. The molecule has 0 saturated carbocycles. The minimum Gasteiger partial charge on any atom is -0.398 e. The predicted molar refractivity (Wildman–Crippen MR) is 66.9 cm³/mol. The SMILES string of the molecule is [2H]C1([2H])c2c(N)cccc2C(=O)N1[C@@]1([2H])C(=O)NC(=O)CC1([2H])[2H]. The fourth-order valence-corrected chi connectivity index (χ4v) is 1.97. The molecule has 98 valence electrons. The zero-order valence-corrected chi connectivity index (χ0v) is 9.69. The number of imide groups is 1. The van der Waals surface area contributed by atoms with E-state index in [4.69, 9.17) is 12.6 Å². The Morgan fingerprint density at radius 3 is 2.89 bits per heavy atom. The van der Waals surface area contributed by atoms with Crippen molar-refractivity contribution >= 4 is 23.4 Å². The molecular weight excluding hydrogens is 246 g/mol. The number of nitrogen functional groups attached to an aromatic ring is 1. The van der Waals surface area contributed by atoms with Crippen LogP contribution in [0.3, 0.4) is 0 Å². The highest BCUT2D eigenvalue weighted by molar-refractivity contribution is 6.06. The van der Waals surface area contributed by atoms with E-state index in [0.717, 1.165) is 0 Å². The summed E-state index contributed by atoms with van der Waals surface area (Å²) in [7, 11) is 0. The number of nitrogens with zero attached hydrogens (tertiary/aromatic N) is 1. The maximum absolute atomic E-state index is 12.7. The summed E-state index contributed by atoms with van der Waals surface area (Å²) in [6.45, 7) is -2.69. The van der Waals surface area contributed by atoms with E-state index in [1.54, 1.807) is 5.32 Å². The third-order valence-electron chi connectivity index (χ3n) is 2.86. The lowest BCUT2D eigenvalue weighted by molar-refractivity contribution is -0.136. The number of carbonyl (C=O) groups excluding carboxylic acids is 3. The van der Waals surface area contributed by atoms with E-state index in [2.05, 4.69) is 0 Å². The van der Waals surface area contributed by atoms with Crippen molar-refractivity contribution < 1.29 is 21.2 Å². The van der Waals surface area contributed by atoms with Gasteiger partial charge in [-0.1, -0.05) is 6.07 Å². The largest absolute Gasteiger partial charge is 0.398 e. The zero-order valence-electron chi connectivity index (χ0n) is 14.7. The van der Waals surface area contributed by atoms with Crippen LogP contribution in [0.5, 0.6) is 0 Å². The van der Waals surface area contributed by atoms with Crippen LogP contribution in [-0.2, 0) is 16.1 Å². The first-order chi connectivity index (χ1) is 10.9. The van der Waals surface area contributed by atoms with Gasteiger partial charge in [-0.15, -0.1) is 0 Å². The standard InChI is InChI=1S/C13H13N3O3/c14-9-3-1-2-7-8(9)6-16(13(7)19)10-4-5-11(17)15-12(10)18/h1-3,10H,4-6,14H2,(H,15,17,18)/t10-/m1/s1/i4D2,6D2,10D. The molecule has 3 rings (SSSR count). The average Bonchev–Trinajstić information content (AvgIpc) is 2.64. The van der Waals surface area contributed by atoms with Gasteiger partial charge in [0.25, 0.3) is 5.91 Å². The molecule has 3 N–H and O–H groups in total. The Morgan fingerprint density at radius 2 is 2.21 bits per heavy atom. The van der Waals surface area contributed by atoms with Crippen molar-refractivity contribution in [1.29, 1.82) is 0 Å². The van der Waals surface area contributed by atoms with Crippen LogP contribution in [0.1, 0.15) is 35.6 Å². The lowest BCUT2D eigenvalue weighted by Gasteiger charge is -2.29. The van der Waals surface area contributed by atoms with Crippen LogP contribution in [0.2, 0.25) is 0 Å². The van der Waals surface area contributed by atoms with Crippen molar-refractivity contribution in [2.75, 3.05) is 5.73 Å². The lowest BCUT2D eigenvalue weighted by Crippen LogP contribution is -2.52. The van der Waals surface area contributed by atoms with Gasteiger partial charge in [0, 0.05) is 32.5 Å². The van der Waals surface area contributed by atoms with Gasteiger partial charge in [0.1, 0.15) is 6.02 Å². The molecule has 2 aliphatic heterocycles. The van der Waals surface area contributed by atoms with Gasteiger partial charge in [-0.2, -0.15) is 0 Å². The molecule has 3 amide bonds. The molecule has 19 heavy (non-hydrogen) atoms. The van der Waals surface area contributed by atoms with E-state index in [9.17, 15) is 14.4 Å². The van der Waals surface area contributed by atoms with Crippen LogP contribution in [0.15, 0.2) is 18.2 Å². The fraction of sp³-hybridized carbons (Fsp3) is 0.308. The molecule has 0 radical (unpaired) electrons. The molecule has 6 heteroatoms. The quantitative estimate of drug-likeness (QED) is 0.553. The number of fused-ring (bicyclic) bond motifs is 1. The van der Waals surface area contributed by atoms with E-state index in [-0.39, 0.29) is 21.7 Å². The number of anilines is 1. The Morgan fingerprint density at radius 1 is 1.42 bits per heavy atom. The number of hydrogen-bond acceptors (Lipinski definition) is 4. The van der Waals surface area contributed by atoms with Gasteiger partial charge in [-0.05, 0) is 18.5 Å². The first-order valence-corrected chi connectivity index (χ1v) is 5.52. The smallest absolute Gasteiger partial charge is 0.255 e. The molecule has 6 nitrogen and oxygen atoms in total. The van der Waals surface area contributed by atoms with E-state index in [1.807, 2.05) is 0 Å². The zero-order chi connectivity index (χ0) is 18.1. The fourth-order valence-electron chi connectivity index (χ4n) is 1.97. The van der Waals surface area contributed by atoms with Crippen molar-refractivity contribution in [3.05, 3.63) is 29.3 Å². The van der Waals surface area contributed by atoms with Crippen LogP contribution in [0.25, 0.3) is 0 Å². The maximum Gasteiger partial charge on any atom is 0.255 e. The molecule has 1 aromatic rings. The van der Waals surface area contributed by atoms with Gasteiger partial charge in [0.2, 0.25) is 11.8 Å². The number of nitrogens with two attached hydrogens (primary N) is 1. The normalized spacial score (nSPS) is 35.5. The van der Waals surface area contributed by atoms with Crippen LogP contribution >= 0.6 is 0 Å². The van der Waals surface area contributed by atoms with E-state index < -0.39 is 43.0 Å². The highest BCUT2D eigenvalue weighted by Crippen LogP contribution is 2.30. The molecule has 0 aliphatic carbocycles. The molecular formula is C13H13N3O3. The third-order valence-corrected chi connectivity index (χ3v) is 2.86. The summed E-state index contributed by atoms with van der Waals surface area (Å²) >= 11 is 0. The van der Waals surface area contributed by atoms with Crippen molar-refractivity contribution in [2.24, 2.45) is 0 Å². The summed E-state index contributed by atoms with van der Waals surface area (Å²) in [4.78, 5) is 36.6. The first-order valence-electron chi connectivity index (χ1n) is 8.02. The van der Waals surface area contributed by atoms with Crippen LogP contribution < -0.4 is 11.1 Å². The summed E-state index contributed by atoms with van der Waals surface area (Å²) < 4.78 is 40.6. The Kier molecular flexibility index (Phi) is 1.56. The highest BCUT2D eigenvalue weighted by atomic mass is 16.2. The van der Waals surface area contributed by atoms with Gasteiger partial charge >= 0.3 is 0 Å². The molecule has 0 spiro atoms. The van der Waals surface area contributed by atoms with Crippen LogP contribution in [0.4, 0.5) is 5.69 Å². The molecule has 0 bridgehead atoms. The van der Waals surface area contributed by atoms with Gasteiger partial charge in [-0.3, -0.25) is 19.7 Å². The molecule has 0 unspecified atom stereocenters. The second-order valence-electron chi connectivity index (χ2n) is 4.10. The number of benzene rings is 1. The monoisotopic (exact) mass is 264 g/mol. The van der Waals surface area contributed by atoms with Gasteiger partial charge < -0.3 is 10.6 Å². The van der Waals surface area contributed by atoms with E-state index in [0.29, 0.717) is 0 Å². The number of nitrogens with one attached hydrogen (secondary N) is 1. The van der Waals surface area contributed by atoms with Gasteiger partial charge in [0.15, 0.2) is 0 Å². The second kappa shape index (κ2) is 4.08. The van der Waals surface area contributed by atoms with Gasteiger partial charge in [0.05, 0.1) is 4.11 Å². The average molecular weight is 264 g/mol. The summed E-state index contributed by atoms with van der Waals surface area (Å²) in [6, 6.07) is 1.11. The van der Waals surface area contributed by atoms with Crippen LogP contribution in [0, 0.1) is 0 Å². The Bertz CT molecular complexity index is 797. The van der Waals surface area contributed by atoms with Crippen molar-refractivity contribution in [1.82, 2.24) is 10.2 Å². The Hall–Kier alpha value is -2.37. The van der Waals surface area contributed by atoms with Gasteiger partial charge in [-0.25, -0.2) is 0 Å². The molecule has 2 aliphatic rings. The Balaban J connectivity index is 2.23. The summed E-state index contributed by atoms with van der Waals surface area (Å²) in [5, 5.41) is 1.80. The molecule has 1 atom stereocenters. The lowest BCUT2D eigenvalue weighted by atomic mass is 10.0. The topological polar surface area (TPSA) is 92.5 Å².